The van der Waals surface area contributed by atoms with Crippen molar-refractivity contribution in [1.82, 2.24) is 14.3 Å². The molecule has 3 heterocycles. The maximum atomic E-state index is 13.2. The van der Waals surface area contributed by atoms with Crippen LogP contribution in [0.3, 0.4) is 0 Å². The summed E-state index contributed by atoms with van der Waals surface area (Å²) in [6.07, 6.45) is 10.2. The molecule has 1 aromatic heterocycles. The third-order valence-electron chi connectivity index (χ3n) is 5.92. The zero-order chi connectivity index (χ0) is 19.1. The molecule has 2 aliphatic carbocycles. The molecule has 0 bridgehead atoms. The average molecular weight is 436 g/mol. The first-order valence-electron chi connectivity index (χ1n) is 10.0. The number of likely N-dealkylation sites (tertiary alicyclic amines) is 1. The van der Waals surface area contributed by atoms with Gasteiger partial charge in [0.2, 0.25) is 5.43 Å². The van der Waals surface area contributed by atoms with Gasteiger partial charge in [-0.05, 0) is 84.4 Å². The van der Waals surface area contributed by atoms with Crippen molar-refractivity contribution in [3.05, 3.63) is 55.9 Å². The van der Waals surface area contributed by atoms with E-state index < -0.39 is 0 Å². The molecule has 4 nitrogen and oxygen atoms in total. The minimum atomic E-state index is -0.00776. The highest BCUT2D eigenvalue weighted by Crippen LogP contribution is 2.32. The Morgan fingerprint density at radius 1 is 1.11 bits per heavy atom. The van der Waals surface area contributed by atoms with Gasteiger partial charge in [-0.3, -0.25) is 14.7 Å². The smallest absolute Gasteiger partial charge is 0.210 e. The first-order valence-corrected chi connectivity index (χ1v) is 10.8. The minimum absolute atomic E-state index is 0.00776. The van der Waals surface area contributed by atoms with E-state index in [1.54, 1.807) is 0 Å². The number of rotatable bonds is 2. The summed E-state index contributed by atoms with van der Waals surface area (Å²) in [7, 11) is 0. The summed E-state index contributed by atoms with van der Waals surface area (Å²) in [5.74, 6) is 6.43. The van der Waals surface area contributed by atoms with E-state index in [2.05, 4.69) is 54.3 Å². The summed E-state index contributed by atoms with van der Waals surface area (Å²) in [5.41, 5.74) is 5.86. The molecule has 0 N–H and O–H groups in total. The van der Waals surface area contributed by atoms with Crippen LogP contribution in [0.15, 0.2) is 33.8 Å². The third kappa shape index (κ3) is 3.05. The Morgan fingerprint density at radius 2 is 1.93 bits per heavy atom. The van der Waals surface area contributed by atoms with Gasteiger partial charge in [-0.25, -0.2) is 0 Å². The number of nitrogens with zero attached hydrogens (tertiary/aromatic N) is 3. The molecule has 1 saturated heterocycles. The molecule has 0 spiro atoms. The highest BCUT2D eigenvalue weighted by Gasteiger charge is 2.21. The summed E-state index contributed by atoms with van der Waals surface area (Å²) < 4.78 is 3.04. The van der Waals surface area contributed by atoms with E-state index in [-0.39, 0.29) is 5.43 Å². The Morgan fingerprint density at radius 3 is 2.79 bits per heavy atom. The molecular formula is C23H22BrN3O. The van der Waals surface area contributed by atoms with Crippen molar-refractivity contribution >= 4 is 21.4 Å². The average Bonchev–Trinajstić information content (AvgIpc) is 3.32. The number of halogens is 1. The van der Waals surface area contributed by atoms with Crippen LogP contribution < -0.4 is 5.43 Å². The lowest BCUT2D eigenvalue weighted by molar-refractivity contribution is 0.383. The zero-order valence-electron chi connectivity index (χ0n) is 15.8. The van der Waals surface area contributed by atoms with Gasteiger partial charge in [-0.2, -0.15) is 0 Å². The quantitative estimate of drug-likeness (QED) is 0.576. The highest BCUT2D eigenvalue weighted by molar-refractivity contribution is 9.10. The molecule has 5 heteroatoms. The fourth-order valence-electron chi connectivity index (χ4n) is 4.48. The third-order valence-corrected chi connectivity index (χ3v) is 6.52. The van der Waals surface area contributed by atoms with E-state index in [1.165, 1.54) is 29.5 Å². The SMILES string of the molecule is O=c1c(CC#CCN2CCCC2)cc(Br)c2n3ccc4c3c(cnc1-2)CCC4. The normalized spacial score (nSPS) is 16.5. The molecule has 4 aliphatic rings. The van der Waals surface area contributed by atoms with Gasteiger partial charge in [0.1, 0.15) is 5.69 Å². The van der Waals surface area contributed by atoms with Gasteiger partial charge in [0.25, 0.3) is 0 Å². The van der Waals surface area contributed by atoms with E-state index >= 15 is 0 Å². The van der Waals surface area contributed by atoms with E-state index in [9.17, 15) is 4.79 Å². The summed E-state index contributed by atoms with van der Waals surface area (Å²) in [6.45, 7) is 3.08. The van der Waals surface area contributed by atoms with Crippen molar-refractivity contribution in [3.63, 3.8) is 0 Å². The lowest BCUT2D eigenvalue weighted by atomic mass is 9.98. The van der Waals surface area contributed by atoms with Gasteiger partial charge < -0.3 is 4.40 Å². The minimum Gasteiger partial charge on any atom is -0.313 e. The van der Waals surface area contributed by atoms with Crippen molar-refractivity contribution in [2.75, 3.05) is 19.6 Å². The van der Waals surface area contributed by atoms with Crippen molar-refractivity contribution in [2.45, 2.75) is 38.5 Å². The topological polar surface area (TPSA) is 37.6 Å². The number of fused-ring (bicyclic) bond motifs is 2. The van der Waals surface area contributed by atoms with E-state index in [1.807, 2.05) is 12.3 Å². The Labute approximate surface area is 173 Å². The van der Waals surface area contributed by atoms with Crippen LogP contribution in [0.2, 0.25) is 0 Å². The maximum Gasteiger partial charge on any atom is 0.210 e. The Balaban J connectivity index is 1.57. The molecule has 0 atom stereocenters. The summed E-state index contributed by atoms with van der Waals surface area (Å²) in [4.78, 5) is 20.2. The van der Waals surface area contributed by atoms with Crippen LogP contribution in [0, 0.1) is 11.8 Å². The molecule has 0 radical (unpaired) electrons. The van der Waals surface area contributed by atoms with E-state index in [4.69, 9.17) is 0 Å². The van der Waals surface area contributed by atoms with E-state index in [0.717, 1.165) is 49.1 Å². The van der Waals surface area contributed by atoms with Crippen LogP contribution in [-0.2, 0) is 19.3 Å². The molecule has 5 rings (SSSR count). The molecule has 2 aliphatic heterocycles. The van der Waals surface area contributed by atoms with Gasteiger partial charge in [0.15, 0.2) is 0 Å². The second kappa shape index (κ2) is 7.35. The fraction of sp³-hybridized carbons (Fsp3) is 0.391. The zero-order valence-corrected chi connectivity index (χ0v) is 17.4. The van der Waals surface area contributed by atoms with Crippen molar-refractivity contribution in [2.24, 2.45) is 0 Å². The number of hydrogen-bond acceptors (Lipinski definition) is 3. The highest BCUT2D eigenvalue weighted by atomic mass is 79.9. The lowest BCUT2D eigenvalue weighted by Gasteiger charge is -2.11. The number of hydrogen-bond donors (Lipinski definition) is 0. The molecular weight excluding hydrogens is 414 g/mol. The second-order valence-corrected chi connectivity index (χ2v) is 8.61. The molecule has 28 heavy (non-hydrogen) atoms. The van der Waals surface area contributed by atoms with Crippen molar-refractivity contribution in [3.8, 4) is 23.2 Å². The van der Waals surface area contributed by atoms with Crippen LogP contribution in [-0.4, -0.2) is 33.9 Å². The first-order chi connectivity index (χ1) is 13.7. The van der Waals surface area contributed by atoms with Gasteiger partial charge >= 0.3 is 0 Å². The number of aryl methyl sites for hydroxylation is 2. The molecule has 1 aromatic rings. The maximum absolute atomic E-state index is 13.2. The molecule has 1 fully saturated rings. The van der Waals surface area contributed by atoms with Gasteiger partial charge in [-0.15, -0.1) is 0 Å². The molecule has 0 amide bonds. The Hall–Kier alpha value is -2.16. The molecule has 0 aromatic carbocycles. The lowest BCUT2D eigenvalue weighted by Crippen LogP contribution is -2.19. The van der Waals surface area contributed by atoms with Crippen molar-refractivity contribution in [1.29, 1.82) is 0 Å². The van der Waals surface area contributed by atoms with Crippen LogP contribution in [0.25, 0.3) is 16.9 Å². The van der Waals surface area contributed by atoms with Crippen LogP contribution in [0.5, 0.6) is 0 Å². The summed E-state index contributed by atoms with van der Waals surface area (Å²) in [5, 5.41) is 0. The molecule has 142 valence electrons. The standard InChI is InChI=1S/C23H22BrN3O/c24-19-14-17(6-1-2-10-26-11-3-4-12-26)23(28)20-22(19)27-13-9-16-7-5-8-18(15-25-20)21(16)27/h9,13-15H,3-8,10-12H2. The van der Waals surface area contributed by atoms with Gasteiger partial charge in [0, 0.05) is 28.9 Å². The van der Waals surface area contributed by atoms with Crippen LogP contribution >= 0.6 is 15.9 Å². The molecule has 0 saturated carbocycles. The Bertz CT molecular complexity index is 1150. The second-order valence-electron chi connectivity index (χ2n) is 7.75. The number of aromatic nitrogens is 2. The molecule has 0 unspecified atom stereocenters. The number of benzene rings is 1. The van der Waals surface area contributed by atoms with Gasteiger partial charge in [-0.1, -0.05) is 11.8 Å². The van der Waals surface area contributed by atoms with Crippen molar-refractivity contribution < 1.29 is 0 Å². The van der Waals surface area contributed by atoms with Crippen LogP contribution in [0.1, 0.15) is 36.0 Å². The van der Waals surface area contributed by atoms with E-state index in [0.29, 0.717) is 17.7 Å². The predicted molar refractivity (Wildman–Crippen MR) is 115 cm³/mol. The fourth-order valence-corrected chi connectivity index (χ4v) is 5.14. The monoisotopic (exact) mass is 435 g/mol. The van der Waals surface area contributed by atoms with Crippen LogP contribution in [0.4, 0.5) is 0 Å². The summed E-state index contributed by atoms with van der Waals surface area (Å²) in [6, 6.07) is 4.10. The first kappa shape index (κ1) is 17.9. The van der Waals surface area contributed by atoms with Gasteiger partial charge in [0.05, 0.1) is 17.8 Å². The Kier molecular flexibility index (Phi) is 4.70. The largest absolute Gasteiger partial charge is 0.313 e. The summed E-state index contributed by atoms with van der Waals surface area (Å²) >= 11 is 3.70. The predicted octanol–water partition coefficient (Wildman–Crippen LogP) is 3.69.